The van der Waals surface area contributed by atoms with Crippen molar-refractivity contribution in [3.63, 3.8) is 0 Å². The topological polar surface area (TPSA) is 38.3 Å². The van der Waals surface area contributed by atoms with Crippen molar-refractivity contribution in [2.75, 3.05) is 20.2 Å². The highest BCUT2D eigenvalue weighted by molar-refractivity contribution is 5.71. The van der Waals surface area contributed by atoms with E-state index in [2.05, 4.69) is 17.0 Å². The Labute approximate surface area is 93.6 Å². The van der Waals surface area contributed by atoms with Crippen molar-refractivity contribution < 1.29 is 9.53 Å². The first kappa shape index (κ1) is 14.4. The van der Waals surface area contributed by atoms with E-state index in [1.54, 1.807) is 0 Å². The molecule has 0 spiro atoms. The molecule has 90 valence electrons. The Morgan fingerprint density at radius 2 is 1.67 bits per heavy atom. The standard InChI is InChI=1S/C12H25NO2/c1-3-4-5-6-7-8-9-10-13-11-12(14)15-2/h13H,3-11H2,1-2H3. The van der Waals surface area contributed by atoms with Crippen LogP contribution in [-0.2, 0) is 9.53 Å². The first-order valence-electron chi connectivity index (χ1n) is 6.08. The van der Waals surface area contributed by atoms with Crippen LogP contribution in [0, 0.1) is 0 Å². The number of unbranched alkanes of at least 4 members (excludes halogenated alkanes) is 6. The Morgan fingerprint density at radius 1 is 1.07 bits per heavy atom. The molecule has 15 heavy (non-hydrogen) atoms. The lowest BCUT2D eigenvalue weighted by Crippen LogP contribution is -2.24. The molecule has 3 heteroatoms. The average Bonchev–Trinajstić information content (AvgIpc) is 2.26. The maximum absolute atomic E-state index is 10.7. The van der Waals surface area contributed by atoms with E-state index < -0.39 is 0 Å². The predicted molar refractivity (Wildman–Crippen MR) is 62.9 cm³/mol. The maximum Gasteiger partial charge on any atom is 0.319 e. The number of carbonyl (C=O) groups excluding carboxylic acids is 1. The summed E-state index contributed by atoms with van der Waals surface area (Å²) in [4.78, 5) is 10.7. The lowest BCUT2D eigenvalue weighted by Gasteiger charge is -2.03. The second kappa shape index (κ2) is 11.5. The molecule has 0 heterocycles. The van der Waals surface area contributed by atoms with E-state index >= 15 is 0 Å². The fourth-order valence-corrected chi connectivity index (χ4v) is 1.47. The average molecular weight is 215 g/mol. The summed E-state index contributed by atoms with van der Waals surface area (Å²) in [6, 6.07) is 0. The van der Waals surface area contributed by atoms with Gasteiger partial charge in [0, 0.05) is 0 Å². The minimum atomic E-state index is -0.182. The molecule has 0 rings (SSSR count). The van der Waals surface area contributed by atoms with Crippen LogP contribution in [0.25, 0.3) is 0 Å². The van der Waals surface area contributed by atoms with Crippen molar-refractivity contribution in [2.45, 2.75) is 51.9 Å². The molecule has 0 radical (unpaired) electrons. The molecule has 0 amide bonds. The number of methoxy groups -OCH3 is 1. The molecule has 0 unspecified atom stereocenters. The third-order valence-electron chi connectivity index (χ3n) is 2.45. The van der Waals surface area contributed by atoms with Crippen molar-refractivity contribution in [3.05, 3.63) is 0 Å². The first-order valence-corrected chi connectivity index (χ1v) is 6.08. The summed E-state index contributed by atoms with van der Waals surface area (Å²) < 4.78 is 4.52. The Balaban J connectivity index is 2.95. The molecule has 0 aliphatic carbocycles. The Bertz CT molecular complexity index is 149. The van der Waals surface area contributed by atoms with Crippen molar-refractivity contribution in [3.8, 4) is 0 Å². The molecular weight excluding hydrogens is 190 g/mol. The molecule has 0 aromatic carbocycles. The van der Waals surface area contributed by atoms with Crippen LogP contribution in [0.2, 0.25) is 0 Å². The van der Waals surface area contributed by atoms with E-state index in [1.165, 1.54) is 45.6 Å². The van der Waals surface area contributed by atoms with Crippen LogP contribution in [0.5, 0.6) is 0 Å². The zero-order valence-corrected chi connectivity index (χ0v) is 10.2. The van der Waals surface area contributed by atoms with E-state index in [4.69, 9.17) is 0 Å². The summed E-state index contributed by atoms with van der Waals surface area (Å²) in [5.74, 6) is -0.182. The van der Waals surface area contributed by atoms with Crippen LogP contribution in [0.4, 0.5) is 0 Å². The van der Waals surface area contributed by atoms with Crippen LogP contribution >= 0.6 is 0 Å². The smallest absolute Gasteiger partial charge is 0.319 e. The second-order valence-corrected chi connectivity index (χ2v) is 3.87. The van der Waals surface area contributed by atoms with Gasteiger partial charge in [-0.3, -0.25) is 4.79 Å². The van der Waals surface area contributed by atoms with E-state index in [0.29, 0.717) is 6.54 Å². The summed E-state index contributed by atoms with van der Waals surface area (Å²) in [5.41, 5.74) is 0. The van der Waals surface area contributed by atoms with Gasteiger partial charge in [0.05, 0.1) is 13.7 Å². The largest absolute Gasteiger partial charge is 0.468 e. The molecule has 0 aliphatic rings. The molecule has 1 N–H and O–H groups in total. The highest BCUT2D eigenvalue weighted by Crippen LogP contribution is 2.06. The van der Waals surface area contributed by atoms with E-state index in [0.717, 1.165) is 13.0 Å². The molecule has 0 saturated heterocycles. The number of nitrogens with one attached hydrogen (secondary N) is 1. The van der Waals surface area contributed by atoms with Gasteiger partial charge in [0.15, 0.2) is 0 Å². The third-order valence-corrected chi connectivity index (χ3v) is 2.45. The Kier molecular flexibility index (Phi) is 11.1. The quantitative estimate of drug-likeness (QED) is 0.449. The number of hydrogen-bond acceptors (Lipinski definition) is 3. The normalized spacial score (nSPS) is 10.3. The summed E-state index contributed by atoms with van der Waals surface area (Å²) >= 11 is 0. The second-order valence-electron chi connectivity index (χ2n) is 3.87. The lowest BCUT2D eigenvalue weighted by atomic mass is 10.1. The summed E-state index contributed by atoms with van der Waals surface area (Å²) in [7, 11) is 1.41. The van der Waals surface area contributed by atoms with Gasteiger partial charge in [-0.1, -0.05) is 45.4 Å². The fraction of sp³-hybridized carbons (Fsp3) is 0.917. The third kappa shape index (κ3) is 11.4. The zero-order valence-electron chi connectivity index (χ0n) is 10.2. The van der Waals surface area contributed by atoms with Gasteiger partial charge in [-0.2, -0.15) is 0 Å². The number of esters is 1. The van der Waals surface area contributed by atoms with Gasteiger partial charge in [0.2, 0.25) is 0 Å². The fourth-order valence-electron chi connectivity index (χ4n) is 1.47. The van der Waals surface area contributed by atoms with Gasteiger partial charge < -0.3 is 10.1 Å². The van der Waals surface area contributed by atoms with Crippen LogP contribution < -0.4 is 5.32 Å². The highest BCUT2D eigenvalue weighted by Gasteiger charge is 1.97. The first-order chi connectivity index (χ1) is 7.31. The van der Waals surface area contributed by atoms with Gasteiger partial charge in [-0.15, -0.1) is 0 Å². The van der Waals surface area contributed by atoms with Crippen molar-refractivity contribution in [1.82, 2.24) is 5.32 Å². The van der Waals surface area contributed by atoms with Crippen molar-refractivity contribution in [2.24, 2.45) is 0 Å². The monoisotopic (exact) mass is 215 g/mol. The molecule has 0 saturated carbocycles. The predicted octanol–water partition coefficient (Wildman–Crippen LogP) is 2.50. The number of carbonyl (C=O) groups is 1. The van der Waals surface area contributed by atoms with E-state index in [-0.39, 0.29) is 5.97 Å². The van der Waals surface area contributed by atoms with Crippen LogP contribution in [0.3, 0.4) is 0 Å². The molecular formula is C12H25NO2. The molecule has 0 aliphatic heterocycles. The molecule has 3 nitrogen and oxygen atoms in total. The summed E-state index contributed by atoms with van der Waals surface area (Å²) in [6.07, 6.45) is 9.12. The van der Waals surface area contributed by atoms with Gasteiger partial charge in [-0.05, 0) is 13.0 Å². The number of rotatable bonds is 10. The number of hydrogen-bond donors (Lipinski definition) is 1. The van der Waals surface area contributed by atoms with Crippen LogP contribution in [0.15, 0.2) is 0 Å². The van der Waals surface area contributed by atoms with Gasteiger partial charge in [-0.25, -0.2) is 0 Å². The van der Waals surface area contributed by atoms with Crippen molar-refractivity contribution in [1.29, 1.82) is 0 Å². The van der Waals surface area contributed by atoms with Gasteiger partial charge >= 0.3 is 5.97 Å². The van der Waals surface area contributed by atoms with Crippen molar-refractivity contribution >= 4 is 5.97 Å². The highest BCUT2D eigenvalue weighted by atomic mass is 16.5. The SMILES string of the molecule is CCCCCCCCCNCC(=O)OC. The minimum Gasteiger partial charge on any atom is -0.468 e. The Morgan fingerprint density at radius 3 is 2.27 bits per heavy atom. The summed E-state index contributed by atoms with van der Waals surface area (Å²) in [5, 5.41) is 3.06. The summed E-state index contributed by atoms with van der Waals surface area (Å²) in [6.45, 7) is 3.49. The lowest BCUT2D eigenvalue weighted by molar-refractivity contribution is -0.139. The molecule has 0 atom stereocenters. The molecule has 0 bridgehead atoms. The van der Waals surface area contributed by atoms with Gasteiger partial charge in [0.1, 0.15) is 0 Å². The maximum atomic E-state index is 10.7. The Hall–Kier alpha value is -0.570. The molecule has 0 fully saturated rings. The molecule has 0 aromatic heterocycles. The van der Waals surface area contributed by atoms with Gasteiger partial charge in [0.25, 0.3) is 0 Å². The van der Waals surface area contributed by atoms with E-state index in [1.807, 2.05) is 0 Å². The van der Waals surface area contributed by atoms with Crippen LogP contribution in [-0.4, -0.2) is 26.2 Å². The minimum absolute atomic E-state index is 0.182. The number of ether oxygens (including phenoxy) is 1. The van der Waals surface area contributed by atoms with Crippen LogP contribution in [0.1, 0.15) is 51.9 Å². The van der Waals surface area contributed by atoms with E-state index in [9.17, 15) is 4.79 Å². The molecule has 0 aromatic rings. The zero-order chi connectivity index (χ0) is 11.4.